The molecule has 3 aromatic rings. The molecular weight excluding hydrogens is 354 g/mol. The second-order valence-corrected chi connectivity index (χ2v) is 7.06. The number of anilines is 1. The Morgan fingerprint density at radius 2 is 2.04 bits per heavy atom. The number of nitriles is 1. The van der Waals surface area contributed by atoms with Gasteiger partial charge in [-0.25, -0.2) is 4.98 Å². The minimum absolute atomic E-state index is 0.177. The molecule has 0 bridgehead atoms. The lowest BCUT2D eigenvalue weighted by Crippen LogP contribution is -2.19. The lowest BCUT2D eigenvalue weighted by atomic mass is 9.87. The van der Waals surface area contributed by atoms with E-state index in [4.69, 9.17) is 5.26 Å². The van der Waals surface area contributed by atoms with Gasteiger partial charge in [0.05, 0.1) is 11.6 Å². The molecule has 0 spiro atoms. The maximum absolute atomic E-state index is 12.4. The minimum atomic E-state index is -0.365. The topological polar surface area (TPSA) is 101 Å². The summed E-state index contributed by atoms with van der Waals surface area (Å²) >= 11 is 0. The molecule has 1 saturated carbocycles. The second-order valence-electron chi connectivity index (χ2n) is 7.06. The molecule has 140 valence electrons. The van der Waals surface area contributed by atoms with E-state index < -0.39 is 0 Å². The number of nitrogens with one attached hydrogen (secondary N) is 1. The number of carbonyl (C=O) groups excluding carboxylic acids is 2. The van der Waals surface area contributed by atoms with E-state index in [0.29, 0.717) is 11.7 Å². The number of benzene rings is 1. The van der Waals surface area contributed by atoms with Gasteiger partial charge >= 0.3 is 0 Å². The fourth-order valence-corrected chi connectivity index (χ4v) is 3.63. The average molecular weight is 373 g/mol. The molecular formula is C21H19N5O2. The van der Waals surface area contributed by atoms with Crippen LogP contribution < -0.4 is 5.32 Å². The molecule has 1 amide bonds. The van der Waals surface area contributed by atoms with Crippen molar-refractivity contribution in [3.8, 4) is 6.07 Å². The first kappa shape index (κ1) is 17.9. The summed E-state index contributed by atoms with van der Waals surface area (Å²) in [5.41, 5.74) is 1.90. The lowest BCUT2D eigenvalue weighted by Gasteiger charge is -2.25. The van der Waals surface area contributed by atoms with Crippen molar-refractivity contribution in [3.05, 3.63) is 54.0 Å². The molecule has 1 aliphatic rings. The number of hydrogen-bond acceptors (Lipinski definition) is 5. The van der Waals surface area contributed by atoms with Crippen LogP contribution in [-0.2, 0) is 4.79 Å². The molecule has 1 fully saturated rings. The van der Waals surface area contributed by atoms with Crippen LogP contribution >= 0.6 is 0 Å². The standard InChI is InChI=1S/C21H19N5O2/c22-11-17-2-1-3-20(23-17)21(28)24-16-6-9-19-15(10-16)12-26(25-19)18-7-4-14(13-27)5-8-18/h1-3,6,9-10,12-14,18H,4-5,7-8H2,(H,24,28). The summed E-state index contributed by atoms with van der Waals surface area (Å²) in [6, 6.07) is 12.5. The molecule has 1 N–H and O–H groups in total. The van der Waals surface area contributed by atoms with Crippen LogP contribution in [0.3, 0.4) is 0 Å². The molecule has 0 unspecified atom stereocenters. The molecule has 1 aliphatic carbocycles. The van der Waals surface area contributed by atoms with E-state index in [2.05, 4.69) is 15.4 Å². The quantitative estimate of drug-likeness (QED) is 0.706. The first-order valence-corrected chi connectivity index (χ1v) is 9.29. The van der Waals surface area contributed by atoms with Gasteiger partial charge < -0.3 is 10.1 Å². The first-order chi connectivity index (χ1) is 13.7. The zero-order valence-corrected chi connectivity index (χ0v) is 15.2. The SMILES string of the molecule is N#Cc1cccc(C(=O)Nc2ccc3nn(C4CCC(C=O)CC4)cc3c2)n1. The van der Waals surface area contributed by atoms with Gasteiger partial charge in [0.15, 0.2) is 0 Å². The van der Waals surface area contributed by atoms with Crippen LogP contribution in [0.15, 0.2) is 42.6 Å². The van der Waals surface area contributed by atoms with Crippen LogP contribution in [0.1, 0.15) is 47.9 Å². The summed E-state index contributed by atoms with van der Waals surface area (Å²) in [6.45, 7) is 0. The number of aldehydes is 1. The third-order valence-corrected chi connectivity index (χ3v) is 5.18. The predicted octanol–water partition coefficient (Wildman–Crippen LogP) is 3.49. The Morgan fingerprint density at radius 1 is 1.21 bits per heavy atom. The van der Waals surface area contributed by atoms with E-state index in [0.717, 1.165) is 42.9 Å². The normalized spacial score (nSPS) is 19.1. The summed E-state index contributed by atoms with van der Waals surface area (Å²) in [6.07, 6.45) is 6.75. The van der Waals surface area contributed by atoms with Gasteiger partial charge in [-0.1, -0.05) is 6.07 Å². The minimum Gasteiger partial charge on any atom is -0.321 e. The smallest absolute Gasteiger partial charge is 0.274 e. The summed E-state index contributed by atoms with van der Waals surface area (Å²) in [5, 5.41) is 17.3. The number of carbonyl (C=O) groups is 2. The van der Waals surface area contributed by atoms with Crippen molar-refractivity contribution in [1.29, 1.82) is 5.26 Å². The van der Waals surface area contributed by atoms with Crippen molar-refractivity contribution in [3.63, 3.8) is 0 Å². The Labute approximate surface area is 162 Å². The highest BCUT2D eigenvalue weighted by molar-refractivity contribution is 6.03. The molecule has 7 nitrogen and oxygen atoms in total. The number of fused-ring (bicyclic) bond motifs is 1. The summed E-state index contributed by atoms with van der Waals surface area (Å²) in [7, 11) is 0. The Kier molecular flexibility index (Phi) is 4.85. The van der Waals surface area contributed by atoms with Crippen LogP contribution in [0, 0.1) is 17.2 Å². The predicted molar refractivity (Wildman–Crippen MR) is 104 cm³/mol. The molecule has 28 heavy (non-hydrogen) atoms. The second kappa shape index (κ2) is 7.61. The van der Waals surface area contributed by atoms with E-state index in [1.807, 2.05) is 29.1 Å². The molecule has 7 heteroatoms. The van der Waals surface area contributed by atoms with Gasteiger partial charge in [0.1, 0.15) is 23.7 Å². The van der Waals surface area contributed by atoms with Crippen molar-refractivity contribution in [2.24, 2.45) is 5.92 Å². The van der Waals surface area contributed by atoms with Gasteiger partial charge in [-0.3, -0.25) is 9.48 Å². The fraction of sp³-hybridized carbons (Fsp3) is 0.286. The highest BCUT2D eigenvalue weighted by Crippen LogP contribution is 2.32. The van der Waals surface area contributed by atoms with Crippen molar-refractivity contribution in [1.82, 2.24) is 14.8 Å². The van der Waals surface area contributed by atoms with E-state index >= 15 is 0 Å². The number of aromatic nitrogens is 3. The van der Waals surface area contributed by atoms with Crippen LogP contribution in [0.2, 0.25) is 0 Å². The maximum Gasteiger partial charge on any atom is 0.274 e. The molecule has 1 aromatic carbocycles. The number of nitrogens with zero attached hydrogens (tertiary/aromatic N) is 4. The van der Waals surface area contributed by atoms with Gasteiger partial charge in [0.2, 0.25) is 0 Å². The van der Waals surface area contributed by atoms with Crippen molar-refractivity contribution in [2.45, 2.75) is 31.7 Å². The first-order valence-electron chi connectivity index (χ1n) is 9.29. The molecule has 0 saturated heterocycles. The third kappa shape index (κ3) is 3.62. The summed E-state index contributed by atoms with van der Waals surface area (Å²) < 4.78 is 1.98. The summed E-state index contributed by atoms with van der Waals surface area (Å²) in [4.78, 5) is 27.3. The number of pyridine rings is 1. The van der Waals surface area contributed by atoms with E-state index in [1.54, 1.807) is 24.3 Å². The van der Waals surface area contributed by atoms with Crippen LogP contribution in [0.25, 0.3) is 10.9 Å². The zero-order valence-electron chi connectivity index (χ0n) is 15.2. The fourth-order valence-electron chi connectivity index (χ4n) is 3.63. The Balaban J connectivity index is 1.51. The molecule has 4 rings (SSSR count). The Hall–Kier alpha value is -3.53. The highest BCUT2D eigenvalue weighted by atomic mass is 16.1. The van der Waals surface area contributed by atoms with Gasteiger partial charge in [-0.05, 0) is 56.0 Å². The molecule has 0 atom stereocenters. The van der Waals surface area contributed by atoms with Crippen LogP contribution in [0.5, 0.6) is 0 Å². The monoisotopic (exact) mass is 373 g/mol. The van der Waals surface area contributed by atoms with Crippen molar-refractivity contribution < 1.29 is 9.59 Å². The van der Waals surface area contributed by atoms with Crippen molar-refractivity contribution >= 4 is 28.8 Å². The Bertz CT molecular complexity index is 1070. The zero-order chi connectivity index (χ0) is 19.5. The number of hydrogen-bond donors (Lipinski definition) is 1. The molecule has 2 heterocycles. The van der Waals surface area contributed by atoms with E-state index in [-0.39, 0.29) is 23.2 Å². The Morgan fingerprint density at radius 3 is 2.79 bits per heavy atom. The van der Waals surface area contributed by atoms with Gasteiger partial charge in [-0.15, -0.1) is 0 Å². The summed E-state index contributed by atoms with van der Waals surface area (Å²) in [5.74, 6) is -0.188. The van der Waals surface area contributed by atoms with E-state index in [1.165, 1.54) is 0 Å². The largest absolute Gasteiger partial charge is 0.321 e. The number of rotatable bonds is 4. The number of amides is 1. The van der Waals surface area contributed by atoms with Crippen LogP contribution in [0.4, 0.5) is 5.69 Å². The van der Waals surface area contributed by atoms with Gasteiger partial charge in [-0.2, -0.15) is 10.4 Å². The average Bonchev–Trinajstić information content (AvgIpc) is 3.17. The molecule has 0 aliphatic heterocycles. The van der Waals surface area contributed by atoms with Gasteiger partial charge in [0.25, 0.3) is 5.91 Å². The maximum atomic E-state index is 12.4. The van der Waals surface area contributed by atoms with Crippen LogP contribution in [-0.4, -0.2) is 27.0 Å². The van der Waals surface area contributed by atoms with Gasteiger partial charge in [0, 0.05) is 23.2 Å². The molecule has 0 radical (unpaired) electrons. The third-order valence-electron chi connectivity index (χ3n) is 5.18. The van der Waals surface area contributed by atoms with Crippen molar-refractivity contribution in [2.75, 3.05) is 5.32 Å². The molecule has 2 aromatic heterocycles. The highest BCUT2D eigenvalue weighted by Gasteiger charge is 2.22. The lowest BCUT2D eigenvalue weighted by molar-refractivity contribution is -0.112. The van der Waals surface area contributed by atoms with E-state index in [9.17, 15) is 9.59 Å².